The summed E-state index contributed by atoms with van der Waals surface area (Å²) in [5.41, 5.74) is 2.40. The van der Waals surface area contributed by atoms with Gasteiger partial charge in [0, 0.05) is 11.5 Å². The molecule has 3 heteroatoms. The molecule has 14 heavy (non-hydrogen) atoms. The Hall–Kier alpha value is -0.580. The molecule has 0 aliphatic heterocycles. The third-order valence-electron chi connectivity index (χ3n) is 2.02. The second-order valence-electron chi connectivity index (χ2n) is 3.11. The number of rotatable bonds is 4. The predicted molar refractivity (Wildman–Crippen MR) is 66.8 cm³/mol. The van der Waals surface area contributed by atoms with Gasteiger partial charge >= 0.3 is 0 Å². The molecule has 0 saturated carbocycles. The van der Waals surface area contributed by atoms with E-state index in [1.165, 1.54) is 5.56 Å². The summed E-state index contributed by atoms with van der Waals surface area (Å²) in [6, 6.07) is 8.21. The first kappa shape index (κ1) is 11.5. The van der Waals surface area contributed by atoms with Crippen LogP contribution >= 0.6 is 22.6 Å². The highest BCUT2D eigenvalue weighted by Gasteiger charge is 2.01. The van der Waals surface area contributed by atoms with Gasteiger partial charge < -0.3 is 5.32 Å². The summed E-state index contributed by atoms with van der Waals surface area (Å²) in [6.45, 7) is 0. The molecule has 0 fully saturated rings. The van der Waals surface area contributed by atoms with Gasteiger partial charge in [0.05, 0.1) is 6.42 Å². The maximum Gasteiger partial charge on any atom is 0.224 e. The van der Waals surface area contributed by atoms with E-state index in [9.17, 15) is 4.79 Å². The van der Waals surface area contributed by atoms with E-state index < -0.39 is 0 Å². The fourth-order valence-electron chi connectivity index (χ4n) is 1.28. The first-order valence-corrected chi connectivity index (χ1v) is 6.13. The molecule has 0 aliphatic rings. The molecular weight excluding hydrogens is 289 g/mol. The van der Waals surface area contributed by atoms with E-state index in [0.717, 1.165) is 16.4 Å². The van der Waals surface area contributed by atoms with Crippen molar-refractivity contribution in [3.8, 4) is 0 Å². The summed E-state index contributed by atoms with van der Waals surface area (Å²) < 4.78 is 1.11. The standard InChI is InChI=1S/C11H14INO/c1-13-11(14)8-10-4-2-3-9(7-10)5-6-12/h2-4,7H,5-6,8H2,1H3,(H,13,14). The lowest BCUT2D eigenvalue weighted by molar-refractivity contribution is -0.119. The van der Waals surface area contributed by atoms with E-state index in [-0.39, 0.29) is 5.91 Å². The fraction of sp³-hybridized carbons (Fsp3) is 0.364. The molecule has 0 radical (unpaired) electrons. The van der Waals surface area contributed by atoms with Crippen LogP contribution in [-0.2, 0) is 17.6 Å². The van der Waals surface area contributed by atoms with E-state index in [1.54, 1.807) is 7.05 Å². The molecule has 0 saturated heterocycles. The van der Waals surface area contributed by atoms with Gasteiger partial charge in [0.2, 0.25) is 5.91 Å². The molecule has 0 atom stereocenters. The molecule has 0 unspecified atom stereocenters. The van der Waals surface area contributed by atoms with Crippen LogP contribution in [0.1, 0.15) is 11.1 Å². The van der Waals surface area contributed by atoms with Crippen LogP contribution in [0, 0.1) is 0 Å². The number of amides is 1. The van der Waals surface area contributed by atoms with Crippen LogP contribution in [0.2, 0.25) is 0 Å². The van der Waals surface area contributed by atoms with Crippen LogP contribution in [0.4, 0.5) is 0 Å². The average Bonchev–Trinajstić information content (AvgIpc) is 2.19. The summed E-state index contributed by atoms with van der Waals surface area (Å²) in [4.78, 5) is 11.1. The Balaban J connectivity index is 2.68. The van der Waals surface area contributed by atoms with Crippen molar-refractivity contribution in [1.82, 2.24) is 5.32 Å². The van der Waals surface area contributed by atoms with E-state index >= 15 is 0 Å². The molecule has 1 aromatic rings. The zero-order valence-corrected chi connectivity index (χ0v) is 10.4. The van der Waals surface area contributed by atoms with E-state index in [4.69, 9.17) is 0 Å². The van der Waals surface area contributed by atoms with Gasteiger partial charge in [-0.15, -0.1) is 0 Å². The molecule has 76 valence electrons. The number of benzene rings is 1. The Bertz CT molecular complexity index is 312. The zero-order chi connectivity index (χ0) is 10.4. The maximum absolute atomic E-state index is 11.1. The Morgan fingerprint density at radius 2 is 2.14 bits per heavy atom. The third kappa shape index (κ3) is 3.65. The highest BCUT2D eigenvalue weighted by molar-refractivity contribution is 14.1. The SMILES string of the molecule is CNC(=O)Cc1cccc(CCI)c1. The van der Waals surface area contributed by atoms with Crippen molar-refractivity contribution in [3.05, 3.63) is 35.4 Å². The molecule has 0 aliphatic carbocycles. The van der Waals surface area contributed by atoms with Crippen molar-refractivity contribution in [1.29, 1.82) is 0 Å². The molecule has 1 N–H and O–H groups in total. The second kappa shape index (κ2) is 6.01. The smallest absolute Gasteiger partial charge is 0.224 e. The third-order valence-corrected chi connectivity index (χ3v) is 2.56. The van der Waals surface area contributed by atoms with Gasteiger partial charge in [0.1, 0.15) is 0 Å². The molecule has 0 spiro atoms. The van der Waals surface area contributed by atoms with Crippen LogP contribution in [0.5, 0.6) is 0 Å². The minimum absolute atomic E-state index is 0.0663. The monoisotopic (exact) mass is 303 g/mol. The molecule has 1 rings (SSSR count). The highest BCUT2D eigenvalue weighted by atomic mass is 127. The van der Waals surface area contributed by atoms with Crippen molar-refractivity contribution in [2.75, 3.05) is 11.5 Å². The van der Waals surface area contributed by atoms with Crippen LogP contribution < -0.4 is 5.32 Å². The zero-order valence-electron chi connectivity index (χ0n) is 8.22. The predicted octanol–water partition coefficient (Wildman–Crippen LogP) is 1.95. The number of hydrogen-bond acceptors (Lipinski definition) is 1. The Kier molecular flexibility index (Phi) is 4.93. The minimum Gasteiger partial charge on any atom is -0.359 e. The number of nitrogens with one attached hydrogen (secondary N) is 1. The van der Waals surface area contributed by atoms with Crippen molar-refractivity contribution >= 4 is 28.5 Å². The number of aryl methyl sites for hydroxylation is 1. The highest BCUT2D eigenvalue weighted by Crippen LogP contribution is 2.07. The second-order valence-corrected chi connectivity index (χ2v) is 4.19. The molecule has 2 nitrogen and oxygen atoms in total. The number of halogens is 1. The topological polar surface area (TPSA) is 29.1 Å². The average molecular weight is 303 g/mol. The first-order valence-electron chi connectivity index (χ1n) is 4.60. The summed E-state index contributed by atoms with van der Waals surface area (Å²) in [7, 11) is 1.66. The molecule has 0 bridgehead atoms. The van der Waals surface area contributed by atoms with E-state index in [0.29, 0.717) is 6.42 Å². The Labute approximate surface area is 98.2 Å². The van der Waals surface area contributed by atoms with Gasteiger partial charge in [-0.1, -0.05) is 46.9 Å². The van der Waals surface area contributed by atoms with Crippen LogP contribution in [-0.4, -0.2) is 17.4 Å². The van der Waals surface area contributed by atoms with E-state index in [2.05, 4.69) is 40.0 Å². The summed E-state index contributed by atoms with van der Waals surface area (Å²) in [6.07, 6.45) is 1.55. The first-order chi connectivity index (χ1) is 6.76. The lowest BCUT2D eigenvalue weighted by atomic mass is 10.1. The van der Waals surface area contributed by atoms with Gasteiger partial charge in [-0.05, 0) is 17.5 Å². The molecule has 1 aromatic carbocycles. The van der Waals surface area contributed by atoms with Gasteiger partial charge in [-0.3, -0.25) is 4.79 Å². The Morgan fingerprint density at radius 3 is 2.79 bits per heavy atom. The largest absolute Gasteiger partial charge is 0.359 e. The molecule has 0 heterocycles. The number of alkyl halides is 1. The van der Waals surface area contributed by atoms with Crippen molar-refractivity contribution in [3.63, 3.8) is 0 Å². The number of hydrogen-bond donors (Lipinski definition) is 1. The summed E-state index contributed by atoms with van der Waals surface area (Å²) in [5, 5.41) is 2.62. The van der Waals surface area contributed by atoms with Crippen LogP contribution in [0.15, 0.2) is 24.3 Å². The number of carbonyl (C=O) groups is 1. The van der Waals surface area contributed by atoms with Crippen LogP contribution in [0.25, 0.3) is 0 Å². The minimum atomic E-state index is 0.0663. The van der Waals surface area contributed by atoms with Gasteiger partial charge in [-0.25, -0.2) is 0 Å². The lowest BCUT2D eigenvalue weighted by Crippen LogP contribution is -2.19. The molecule has 0 aromatic heterocycles. The maximum atomic E-state index is 11.1. The number of likely N-dealkylation sites (N-methyl/N-ethyl adjacent to an activating group) is 1. The summed E-state index contributed by atoms with van der Waals surface area (Å²) in [5.74, 6) is 0.0663. The summed E-state index contributed by atoms with van der Waals surface area (Å²) >= 11 is 2.36. The Morgan fingerprint density at radius 1 is 1.43 bits per heavy atom. The lowest BCUT2D eigenvalue weighted by Gasteiger charge is -2.03. The van der Waals surface area contributed by atoms with Gasteiger partial charge in [0.25, 0.3) is 0 Å². The molecule has 1 amide bonds. The van der Waals surface area contributed by atoms with Crippen molar-refractivity contribution in [2.24, 2.45) is 0 Å². The van der Waals surface area contributed by atoms with E-state index in [1.807, 2.05) is 12.1 Å². The molecular formula is C11H14INO. The van der Waals surface area contributed by atoms with Gasteiger partial charge in [0.15, 0.2) is 0 Å². The van der Waals surface area contributed by atoms with Crippen LogP contribution in [0.3, 0.4) is 0 Å². The quantitative estimate of drug-likeness (QED) is 0.668. The van der Waals surface area contributed by atoms with Crippen molar-refractivity contribution in [2.45, 2.75) is 12.8 Å². The number of carbonyl (C=O) groups excluding carboxylic acids is 1. The fourth-order valence-corrected chi connectivity index (χ4v) is 1.90. The van der Waals surface area contributed by atoms with Crippen molar-refractivity contribution < 1.29 is 4.79 Å². The van der Waals surface area contributed by atoms with Gasteiger partial charge in [-0.2, -0.15) is 0 Å². The normalized spacial score (nSPS) is 9.86.